The van der Waals surface area contributed by atoms with Gasteiger partial charge in [-0.05, 0) is 18.9 Å². The third kappa shape index (κ3) is 9.84. The molecule has 2 heteroatoms. The molecule has 0 heterocycles. The molecule has 0 aromatic rings. The van der Waals surface area contributed by atoms with Gasteiger partial charge in [0.15, 0.2) is 0 Å². The van der Waals surface area contributed by atoms with Gasteiger partial charge in [-0.15, -0.1) is 0 Å². The zero-order chi connectivity index (χ0) is 13.4. The molecule has 0 aromatic heterocycles. The van der Waals surface area contributed by atoms with Crippen LogP contribution in [0.4, 0.5) is 0 Å². The highest BCUT2D eigenvalue weighted by atomic mass is 28.3. The summed E-state index contributed by atoms with van der Waals surface area (Å²) in [6.07, 6.45) is 9.47. The van der Waals surface area contributed by atoms with E-state index in [1.165, 1.54) is 38.5 Å². The normalized spacial score (nSPS) is 13.1. The number of unbranched alkanes of at least 4 members (excludes halogenated alkanes) is 4. The zero-order valence-electron chi connectivity index (χ0n) is 12.8. The van der Waals surface area contributed by atoms with Gasteiger partial charge in [-0.25, -0.2) is 0 Å². The molecule has 0 fully saturated rings. The van der Waals surface area contributed by atoms with Crippen molar-refractivity contribution in [3.05, 3.63) is 0 Å². The van der Waals surface area contributed by atoms with Gasteiger partial charge in [0.25, 0.3) is 0 Å². The van der Waals surface area contributed by atoms with Crippen molar-refractivity contribution < 1.29 is 5.11 Å². The molecule has 0 aliphatic carbocycles. The lowest BCUT2D eigenvalue weighted by Gasteiger charge is -2.34. The Balaban J connectivity index is 4.24. The average molecular weight is 259 g/mol. The smallest absolute Gasteiger partial charge is 0.0624 e. The highest BCUT2D eigenvalue weighted by Crippen LogP contribution is 2.31. The molecule has 0 saturated carbocycles. The van der Waals surface area contributed by atoms with Crippen LogP contribution < -0.4 is 0 Å². The van der Waals surface area contributed by atoms with Crippen molar-refractivity contribution in [2.24, 2.45) is 0 Å². The molecule has 17 heavy (non-hydrogen) atoms. The molecule has 0 atom stereocenters. The van der Waals surface area contributed by atoms with Crippen LogP contribution in [0.15, 0.2) is 0 Å². The van der Waals surface area contributed by atoms with E-state index >= 15 is 0 Å². The van der Waals surface area contributed by atoms with Gasteiger partial charge in [-0.3, -0.25) is 0 Å². The fourth-order valence-corrected chi connectivity index (χ4v) is 5.02. The van der Waals surface area contributed by atoms with Gasteiger partial charge in [0.2, 0.25) is 0 Å². The van der Waals surface area contributed by atoms with Crippen LogP contribution in [0.2, 0.25) is 25.7 Å². The fraction of sp³-hybridized carbons (Fsp3) is 1.00. The summed E-state index contributed by atoms with van der Waals surface area (Å²) < 4.78 is 0. The molecule has 104 valence electrons. The Morgan fingerprint density at radius 2 is 1.24 bits per heavy atom. The summed E-state index contributed by atoms with van der Waals surface area (Å²) in [6, 6.07) is 1.08. The molecule has 0 unspecified atom stereocenters. The van der Waals surface area contributed by atoms with E-state index in [2.05, 4.69) is 33.5 Å². The molecule has 1 nitrogen and oxygen atoms in total. The molecule has 0 amide bonds. The van der Waals surface area contributed by atoms with Crippen LogP contribution in [0, 0.1) is 0 Å². The number of rotatable bonds is 10. The first-order chi connectivity index (χ1) is 7.83. The minimum atomic E-state index is -1.16. The van der Waals surface area contributed by atoms with Crippen molar-refractivity contribution in [3.63, 3.8) is 0 Å². The predicted octanol–water partition coefficient (Wildman–Crippen LogP) is 5.22. The Labute approximate surface area is 110 Å². The Morgan fingerprint density at radius 3 is 1.53 bits per heavy atom. The van der Waals surface area contributed by atoms with Crippen molar-refractivity contribution in [1.82, 2.24) is 0 Å². The second-order valence-electron chi connectivity index (χ2n) is 6.88. The maximum absolute atomic E-state index is 10.8. The lowest BCUT2D eigenvalue weighted by atomic mass is 9.92. The van der Waals surface area contributed by atoms with Crippen LogP contribution >= 0.6 is 0 Å². The summed E-state index contributed by atoms with van der Waals surface area (Å²) in [6.45, 7) is 11.6. The topological polar surface area (TPSA) is 20.2 Å². The van der Waals surface area contributed by atoms with E-state index < -0.39 is 8.07 Å². The molecule has 0 radical (unpaired) electrons. The highest BCUT2D eigenvalue weighted by Gasteiger charge is 2.31. The summed E-state index contributed by atoms with van der Waals surface area (Å²) >= 11 is 0. The molecular formula is C15H34OSi. The van der Waals surface area contributed by atoms with Gasteiger partial charge in [0.1, 0.15) is 0 Å². The SMILES string of the molecule is CCCCCC(O)(CCCCC)C[Si](C)(C)C. The van der Waals surface area contributed by atoms with Crippen LogP contribution in [-0.2, 0) is 0 Å². The average Bonchev–Trinajstić information content (AvgIpc) is 2.15. The second kappa shape index (κ2) is 8.31. The van der Waals surface area contributed by atoms with E-state index in [-0.39, 0.29) is 5.60 Å². The van der Waals surface area contributed by atoms with Gasteiger partial charge in [-0.1, -0.05) is 72.0 Å². The van der Waals surface area contributed by atoms with Crippen LogP contribution in [0.3, 0.4) is 0 Å². The first-order valence-corrected chi connectivity index (χ1v) is 11.3. The number of hydrogen-bond acceptors (Lipinski definition) is 1. The molecule has 0 aliphatic rings. The minimum Gasteiger partial charge on any atom is -0.390 e. The molecule has 0 aliphatic heterocycles. The summed E-state index contributed by atoms with van der Waals surface area (Å²) in [4.78, 5) is 0. The Kier molecular flexibility index (Phi) is 8.40. The zero-order valence-corrected chi connectivity index (χ0v) is 13.8. The molecule has 0 spiro atoms. The third-order valence-electron chi connectivity index (χ3n) is 3.35. The van der Waals surface area contributed by atoms with Crippen LogP contribution in [0.5, 0.6) is 0 Å². The maximum atomic E-state index is 10.8. The third-order valence-corrected chi connectivity index (χ3v) is 5.07. The van der Waals surface area contributed by atoms with Gasteiger partial charge in [-0.2, -0.15) is 0 Å². The quantitative estimate of drug-likeness (QED) is 0.421. The van der Waals surface area contributed by atoms with E-state index in [0.29, 0.717) is 0 Å². The molecule has 0 bridgehead atoms. The van der Waals surface area contributed by atoms with Crippen LogP contribution in [0.25, 0.3) is 0 Å². The second-order valence-corrected chi connectivity index (χ2v) is 12.4. The first kappa shape index (κ1) is 17.2. The molecular weight excluding hydrogens is 224 g/mol. The van der Waals surface area contributed by atoms with Crippen molar-refractivity contribution in [2.45, 2.75) is 96.5 Å². The summed E-state index contributed by atoms with van der Waals surface area (Å²) in [7, 11) is -1.16. The lowest BCUT2D eigenvalue weighted by Crippen LogP contribution is -2.38. The highest BCUT2D eigenvalue weighted by molar-refractivity contribution is 6.76. The monoisotopic (exact) mass is 258 g/mol. The van der Waals surface area contributed by atoms with E-state index in [0.717, 1.165) is 18.9 Å². The predicted molar refractivity (Wildman–Crippen MR) is 81.4 cm³/mol. The summed E-state index contributed by atoms with van der Waals surface area (Å²) in [5, 5.41) is 10.8. The van der Waals surface area contributed by atoms with E-state index in [1.54, 1.807) is 0 Å². The first-order valence-electron chi connectivity index (χ1n) is 7.55. The van der Waals surface area contributed by atoms with E-state index in [4.69, 9.17) is 0 Å². The van der Waals surface area contributed by atoms with Crippen LogP contribution in [0.1, 0.15) is 65.2 Å². The standard InChI is InChI=1S/C15H34OSi/c1-6-8-10-12-15(16,13-11-9-7-2)14-17(3,4)5/h16H,6-14H2,1-5H3. The van der Waals surface area contributed by atoms with E-state index in [9.17, 15) is 5.11 Å². The van der Waals surface area contributed by atoms with Crippen LogP contribution in [-0.4, -0.2) is 18.8 Å². The number of aliphatic hydroxyl groups is 1. The molecule has 1 N–H and O–H groups in total. The Hall–Kier alpha value is 0.177. The van der Waals surface area contributed by atoms with Gasteiger partial charge in [0, 0.05) is 8.07 Å². The Bertz CT molecular complexity index is 174. The number of hydrogen-bond donors (Lipinski definition) is 1. The summed E-state index contributed by atoms with van der Waals surface area (Å²) in [5.41, 5.74) is -0.352. The van der Waals surface area contributed by atoms with Crippen molar-refractivity contribution in [1.29, 1.82) is 0 Å². The lowest BCUT2D eigenvalue weighted by molar-refractivity contribution is 0.0356. The fourth-order valence-electron chi connectivity index (χ4n) is 2.70. The molecule has 0 aromatic carbocycles. The Morgan fingerprint density at radius 1 is 0.824 bits per heavy atom. The molecule has 0 rings (SSSR count). The van der Waals surface area contributed by atoms with Crippen molar-refractivity contribution in [2.75, 3.05) is 0 Å². The van der Waals surface area contributed by atoms with Gasteiger partial charge < -0.3 is 5.11 Å². The van der Waals surface area contributed by atoms with Crippen molar-refractivity contribution >= 4 is 8.07 Å². The molecule has 0 saturated heterocycles. The van der Waals surface area contributed by atoms with E-state index in [1.807, 2.05) is 0 Å². The van der Waals surface area contributed by atoms with Crippen molar-refractivity contribution in [3.8, 4) is 0 Å². The summed E-state index contributed by atoms with van der Waals surface area (Å²) in [5.74, 6) is 0. The van der Waals surface area contributed by atoms with Gasteiger partial charge >= 0.3 is 0 Å². The minimum absolute atomic E-state index is 0.352. The maximum Gasteiger partial charge on any atom is 0.0624 e. The van der Waals surface area contributed by atoms with Gasteiger partial charge in [0.05, 0.1) is 5.60 Å². The largest absolute Gasteiger partial charge is 0.390 e.